The summed E-state index contributed by atoms with van der Waals surface area (Å²) < 4.78 is 7.02. The Morgan fingerprint density at radius 1 is 1.33 bits per heavy atom. The molecule has 2 atom stereocenters. The van der Waals surface area contributed by atoms with Crippen molar-refractivity contribution in [2.45, 2.75) is 58.4 Å². The van der Waals surface area contributed by atoms with Gasteiger partial charge in [0.05, 0.1) is 6.61 Å². The predicted molar refractivity (Wildman–Crippen MR) is 90.8 cm³/mol. The van der Waals surface area contributed by atoms with E-state index >= 15 is 0 Å². The lowest BCUT2D eigenvalue weighted by Crippen LogP contribution is -2.50. The van der Waals surface area contributed by atoms with Crippen molar-refractivity contribution in [3.8, 4) is 5.75 Å². The molecule has 2 aliphatic rings. The zero-order chi connectivity index (χ0) is 15.3. The molecule has 1 fully saturated rings. The minimum atomic E-state index is -0.109. The van der Waals surface area contributed by atoms with Crippen LogP contribution in [0.25, 0.3) is 0 Å². The SMILES string of the molecule is CC1CC(C)(C)CC(N)(Cc2cc(Br)cc3c2OCC3)C1. The van der Waals surface area contributed by atoms with Crippen molar-refractivity contribution in [2.24, 2.45) is 17.1 Å². The lowest BCUT2D eigenvalue weighted by molar-refractivity contribution is 0.107. The monoisotopic (exact) mass is 351 g/mol. The van der Waals surface area contributed by atoms with Crippen LogP contribution in [0.5, 0.6) is 5.75 Å². The Hall–Kier alpha value is -0.540. The third-order valence-corrected chi connectivity index (χ3v) is 5.31. The van der Waals surface area contributed by atoms with E-state index in [0.29, 0.717) is 11.3 Å². The Morgan fingerprint density at radius 2 is 2.10 bits per heavy atom. The van der Waals surface area contributed by atoms with Gasteiger partial charge in [0.1, 0.15) is 5.75 Å². The number of fused-ring (bicyclic) bond motifs is 1. The number of benzene rings is 1. The maximum atomic E-state index is 6.83. The van der Waals surface area contributed by atoms with E-state index in [1.165, 1.54) is 17.5 Å². The molecule has 0 spiro atoms. The first-order chi connectivity index (χ1) is 9.76. The summed E-state index contributed by atoms with van der Waals surface area (Å²) in [6.07, 6.45) is 5.41. The second-order valence-corrected chi connectivity index (χ2v) is 8.96. The molecule has 0 amide bonds. The molecule has 0 bridgehead atoms. The minimum absolute atomic E-state index is 0.109. The van der Waals surface area contributed by atoms with Gasteiger partial charge in [-0.05, 0) is 60.3 Å². The molecule has 1 saturated carbocycles. The number of nitrogens with two attached hydrogens (primary N) is 1. The van der Waals surface area contributed by atoms with E-state index in [4.69, 9.17) is 10.5 Å². The second kappa shape index (κ2) is 5.27. The third kappa shape index (κ3) is 3.29. The van der Waals surface area contributed by atoms with Crippen molar-refractivity contribution < 1.29 is 4.74 Å². The van der Waals surface area contributed by atoms with Crippen molar-refractivity contribution in [3.05, 3.63) is 27.7 Å². The second-order valence-electron chi connectivity index (χ2n) is 8.05. The van der Waals surface area contributed by atoms with Crippen LogP contribution in [0.2, 0.25) is 0 Å². The Labute approximate surface area is 136 Å². The molecule has 2 unspecified atom stereocenters. The fraction of sp³-hybridized carbons (Fsp3) is 0.667. The summed E-state index contributed by atoms with van der Waals surface area (Å²) in [6, 6.07) is 4.38. The largest absolute Gasteiger partial charge is 0.493 e. The molecular weight excluding hydrogens is 326 g/mol. The molecule has 116 valence electrons. The standard InChI is InChI=1S/C18H26BrNO/c1-12-8-17(2,3)11-18(20,9-12)10-14-7-15(19)6-13-4-5-21-16(13)14/h6-7,12H,4-5,8-11,20H2,1-3H3. The van der Waals surface area contributed by atoms with Gasteiger partial charge < -0.3 is 10.5 Å². The summed E-state index contributed by atoms with van der Waals surface area (Å²) in [5.74, 6) is 1.79. The van der Waals surface area contributed by atoms with Gasteiger partial charge in [-0.1, -0.05) is 36.7 Å². The quantitative estimate of drug-likeness (QED) is 0.852. The third-order valence-electron chi connectivity index (χ3n) is 4.85. The Bertz CT molecular complexity index is 554. The van der Waals surface area contributed by atoms with E-state index in [1.807, 2.05) is 0 Å². The number of ether oxygens (including phenoxy) is 1. The Balaban J connectivity index is 1.89. The summed E-state index contributed by atoms with van der Waals surface area (Å²) in [5, 5.41) is 0. The van der Waals surface area contributed by atoms with Gasteiger partial charge in [0.2, 0.25) is 0 Å². The highest BCUT2D eigenvalue weighted by Crippen LogP contribution is 2.45. The van der Waals surface area contributed by atoms with E-state index in [2.05, 4.69) is 48.8 Å². The zero-order valence-corrected chi connectivity index (χ0v) is 14.9. The van der Waals surface area contributed by atoms with Gasteiger partial charge in [0.25, 0.3) is 0 Å². The molecule has 3 heteroatoms. The van der Waals surface area contributed by atoms with E-state index in [9.17, 15) is 0 Å². The van der Waals surface area contributed by atoms with Crippen LogP contribution < -0.4 is 10.5 Å². The number of hydrogen-bond acceptors (Lipinski definition) is 2. The molecule has 0 aromatic heterocycles. The van der Waals surface area contributed by atoms with Crippen LogP contribution >= 0.6 is 15.9 Å². The fourth-order valence-electron chi connectivity index (χ4n) is 4.80. The average molecular weight is 352 g/mol. The van der Waals surface area contributed by atoms with Crippen molar-refractivity contribution in [1.82, 2.24) is 0 Å². The van der Waals surface area contributed by atoms with Crippen molar-refractivity contribution in [2.75, 3.05) is 6.61 Å². The molecule has 2 nitrogen and oxygen atoms in total. The molecule has 1 aromatic carbocycles. The first-order valence-electron chi connectivity index (χ1n) is 7.99. The molecule has 3 rings (SSSR count). The lowest BCUT2D eigenvalue weighted by atomic mass is 9.63. The van der Waals surface area contributed by atoms with Gasteiger partial charge in [0, 0.05) is 16.4 Å². The molecule has 2 N–H and O–H groups in total. The van der Waals surface area contributed by atoms with Crippen LogP contribution in [-0.4, -0.2) is 12.1 Å². The van der Waals surface area contributed by atoms with Gasteiger partial charge in [-0.2, -0.15) is 0 Å². The Kier molecular flexibility index (Phi) is 3.86. The molecule has 0 saturated heterocycles. The van der Waals surface area contributed by atoms with Gasteiger partial charge in [-0.25, -0.2) is 0 Å². The maximum absolute atomic E-state index is 6.83. The predicted octanol–water partition coefficient (Wildman–Crippen LogP) is 4.47. The highest BCUT2D eigenvalue weighted by atomic mass is 79.9. The molecule has 21 heavy (non-hydrogen) atoms. The normalized spacial score (nSPS) is 30.8. The smallest absolute Gasteiger partial charge is 0.125 e. The fourth-order valence-corrected chi connectivity index (χ4v) is 5.35. The first kappa shape index (κ1) is 15.4. The molecule has 1 aliphatic heterocycles. The van der Waals surface area contributed by atoms with Crippen molar-refractivity contribution in [3.63, 3.8) is 0 Å². The van der Waals surface area contributed by atoms with Crippen LogP contribution in [0.15, 0.2) is 16.6 Å². The number of hydrogen-bond donors (Lipinski definition) is 1. The van der Waals surface area contributed by atoms with Gasteiger partial charge >= 0.3 is 0 Å². The molecule has 1 heterocycles. The number of rotatable bonds is 2. The van der Waals surface area contributed by atoms with Gasteiger partial charge in [-0.3, -0.25) is 0 Å². The maximum Gasteiger partial charge on any atom is 0.125 e. The Morgan fingerprint density at radius 3 is 2.81 bits per heavy atom. The lowest BCUT2D eigenvalue weighted by Gasteiger charge is -2.46. The molecular formula is C18H26BrNO. The van der Waals surface area contributed by atoms with E-state index < -0.39 is 0 Å². The van der Waals surface area contributed by atoms with Crippen LogP contribution in [0, 0.1) is 11.3 Å². The summed E-state index contributed by atoms with van der Waals surface area (Å²) in [6.45, 7) is 7.85. The van der Waals surface area contributed by atoms with E-state index in [0.717, 1.165) is 42.5 Å². The average Bonchev–Trinajstić information content (AvgIpc) is 2.72. The van der Waals surface area contributed by atoms with Crippen LogP contribution in [0.3, 0.4) is 0 Å². The molecule has 0 radical (unpaired) electrons. The summed E-state index contributed by atoms with van der Waals surface area (Å²) >= 11 is 3.64. The van der Waals surface area contributed by atoms with Crippen molar-refractivity contribution in [1.29, 1.82) is 0 Å². The minimum Gasteiger partial charge on any atom is -0.493 e. The van der Waals surface area contributed by atoms with Crippen LogP contribution in [0.4, 0.5) is 0 Å². The first-order valence-corrected chi connectivity index (χ1v) is 8.79. The topological polar surface area (TPSA) is 35.2 Å². The van der Waals surface area contributed by atoms with Gasteiger partial charge in [-0.15, -0.1) is 0 Å². The van der Waals surface area contributed by atoms with Gasteiger partial charge in [0.15, 0.2) is 0 Å². The molecule has 1 aromatic rings. The van der Waals surface area contributed by atoms with Crippen LogP contribution in [-0.2, 0) is 12.8 Å². The zero-order valence-electron chi connectivity index (χ0n) is 13.3. The highest BCUT2D eigenvalue weighted by molar-refractivity contribution is 9.10. The van der Waals surface area contributed by atoms with Crippen molar-refractivity contribution >= 4 is 15.9 Å². The van der Waals surface area contributed by atoms with E-state index in [-0.39, 0.29) is 5.54 Å². The molecule has 1 aliphatic carbocycles. The highest BCUT2D eigenvalue weighted by Gasteiger charge is 2.41. The summed E-state index contributed by atoms with van der Waals surface area (Å²) in [4.78, 5) is 0. The van der Waals surface area contributed by atoms with Crippen LogP contribution in [0.1, 0.15) is 51.2 Å². The number of halogens is 1. The van der Waals surface area contributed by atoms with E-state index in [1.54, 1.807) is 0 Å². The summed E-state index contributed by atoms with van der Waals surface area (Å²) in [5.41, 5.74) is 9.66. The summed E-state index contributed by atoms with van der Waals surface area (Å²) in [7, 11) is 0.